The van der Waals surface area contributed by atoms with Gasteiger partial charge in [0, 0.05) is 18.0 Å². The van der Waals surface area contributed by atoms with Gasteiger partial charge in [-0.2, -0.15) is 0 Å². The molecule has 3 N–H and O–H groups in total. The van der Waals surface area contributed by atoms with Gasteiger partial charge in [0.2, 0.25) is 0 Å². The van der Waals surface area contributed by atoms with E-state index in [4.69, 9.17) is 5.73 Å². The summed E-state index contributed by atoms with van der Waals surface area (Å²) in [6.07, 6.45) is 5.72. The summed E-state index contributed by atoms with van der Waals surface area (Å²) in [5.74, 6) is -0.179. The molecule has 2 aromatic carbocycles. The predicted molar refractivity (Wildman–Crippen MR) is 94.6 cm³/mol. The zero-order valence-corrected chi connectivity index (χ0v) is 13.4. The van der Waals surface area contributed by atoms with Crippen molar-refractivity contribution in [3.63, 3.8) is 0 Å². The highest BCUT2D eigenvalue weighted by atomic mass is 16.1. The maximum absolute atomic E-state index is 12.5. The lowest BCUT2D eigenvalue weighted by Gasteiger charge is -2.13. The fourth-order valence-electron chi connectivity index (χ4n) is 2.61. The van der Waals surface area contributed by atoms with Crippen molar-refractivity contribution in [2.24, 2.45) is 10.7 Å². The van der Waals surface area contributed by atoms with Crippen LogP contribution in [0, 0.1) is 0 Å². The zero-order chi connectivity index (χ0) is 16.9. The first kappa shape index (κ1) is 15.7. The van der Waals surface area contributed by atoms with Crippen LogP contribution >= 0.6 is 0 Å². The minimum atomic E-state index is -0.270. The van der Waals surface area contributed by atoms with Gasteiger partial charge in [-0.1, -0.05) is 43.3 Å². The molecule has 0 radical (unpaired) electrons. The summed E-state index contributed by atoms with van der Waals surface area (Å²) >= 11 is 0. The number of carbonyl (C=O) groups is 1. The number of nitrogens with two attached hydrogens (primary N) is 1. The molecule has 0 aliphatic heterocycles. The molecule has 1 aromatic heterocycles. The molecular weight excluding hydrogens is 302 g/mol. The Balaban J connectivity index is 1.82. The Morgan fingerprint density at radius 2 is 2.08 bits per heavy atom. The van der Waals surface area contributed by atoms with Crippen molar-refractivity contribution >= 4 is 22.6 Å². The molecule has 1 amide bonds. The van der Waals surface area contributed by atoms with Crippen LogP contribution < -0.4 is 11.1 Å². The number of hydrogen-bond acceptors (Lipinski definition) is 3. The Labute approximate surface area is 140 Å². The Morgan fingerprint density at radius 3 is 2.83 bits per heavy atom. The van der Waals surface area contributed by atoms with Crippen LogP contribution in [-0.2, 0) is 0 Å². The van der Waals surface area contributed by atoms with Gasteiger partial charge in [0.25, 0.3) is 5.91 Å². The molecule has 0 aliphatic rings. The Kier molecular flexibility index (Phi) is 4.56. The molecular formula is C18H19N5O. The molecule has 3 aromatic rings. The minimum Gasteiger partial charge on any atom is -0.370 e. The largest absolute Gasteiger partial charge is 0.370 e. The summed E-state index contributed by atoms with van der Waals surface area (Å²) in [7, 11) is 0. The smallest absolute Gasteiger partial charge is 0.258 e. The van der Waals surface area contributed by atoms with E-state index >= 15 is 0 Å². The Morgan fingerprint density at radius 1 is 1.29 bits per heavy atom. The third-order valence-corrected chi connectivity index (χ3v) is 3.80. The molecule has 0 saturated carbocycles. The van der Waals surface area contributed by atoms with Gasteiger partial charge in [0.15, 0.2) is 5.96 Å². The van der Waals surface area contributed by atoms with Crippen molar-refractivity contribution in [3.8, 4) is 0 Å². The average Bonchev–Trinajstić information content (AvgIpc) is 3.13. The number of hydrogen-bond donors (Lipinski definition) is 2. The van der Waals surface area contributed by atoms with Gasteiger partial charge in [-0.15, -0.1) is 0 Å². The van der Waals surface area contributed by atoms with E-state index < -0.39 is 0 Å². The highest BCUT2D eigenvalue weighted by molar-refractivity contribution is 6.12. The number of nitrogens with one attached hydrogen (secondary N) is 1. The van der Waals surface area contributed by atoms with Crippen LogP contribution in [0.4, 0.5) is 0 Å². The first-order valence-electron chi connectivity index (χ1n) is 7.79. The second-order valence-corrected chi connectivity index (χ2v) is 5.39. The summed E-state index contributed by atoms with van der Waals surface area (Å²) in [5.41, 5.74) is 6.49. The number of amides is 1. The summed E-state index contributed by atoms with van der Waals surface area (Å²) < 4.78 is 1.84. The van der Waals surface area contributed by atoms with Crippen LogP contribution in [0.25, 0.3) is 10.8 Å². The van der Waals surface area contributed by atoms with E-state index in [0.717, 1.165) is 17.2 Å². The lowest BCUT2D eigenvalue weighted by molar-refractivity contribution is 0.0978. The van der Waals surface area contributed by atoms with Crippen molar-refractivity contribution < 1.29 is 4.79 Å². The van der Waals surface area contributed by atoms with Crippen molar-refractivity contribution in [3.05, 3.63) is 66.7 Å². The van der Waals surface area contributed by atoms with Gasteiger partial charge >= 0.3 is 0 Å². The number of aromatic nitrogens is 2. The fourth-order valence-corrected chi connectivity index (χ4v) is 2.61. The van der Waals surface area contributed by atoms with Crippen LogP contribution in [0.15, 0.2) is 66.2 Å². The first-order chi connectivity index (χ1) is 11.7. The summed E-state index contributed by atoms with van der Waals surface area (Å²) in [6, 6.07) is 13.3. The van der Waals surface area contributed by atoms with Crippen molar-refractivity contribution in [2.45, 2.75) is 19.5 Å². The van der Waals surface area contributed by atoms with Crippen LogP contribution in [0.2, 0.25) is 0 Å². The van der Waals surface area contributed by atoms with Gasteiger partial charge < -0.3 is 10.3 Å². The third-order valence-electron chi connectivity index (χ3n) is 3.80. The van der Waals surface area contributed by atoms with Gasteiger partial charge in [-0.3, -0.25) is 10.1 Å². The standard InChI is InChI=1S/C18H19N5O/c1-2-16(23-11-10-20-12-23)21-18(19)22-17(24)15-9-5-7-13-6-3-4-8-14(13)15/h3-12,16H,2H2,1H3,(H3,19,21,22,24). The number of imidazole rings is 1. The SMILES string of the molecule is CCC(/N=C(\N)NC(=O)c1cccc2ccccc12)n1ccnc1. The molecule has 3 rings (SSSR count). The molecule has 122 valence electrons. The predicted octanol–water partition coefficient (Wildman–Crippen LogP) is 2.69. The van der Waals surface area contributed by atoms with Crippen LogP contribution in [0.1, 0.15) is 29.9 Å². The van der Waals surface area contributed by atoms with E-state index in [1.807, 2.05) is 54.1 Å². The van der Waals surface area contributed by atoms with E-state index in [1.165, 1.54) is 0 Å². The molecule has 0 bridgehead atoms. The molecule has 6 nitrogen and oxygen atoms in total. The summed E-state index contributed by atoms with van der Waals surface area (Å²) in [4.78, 5) is 20.9. The molecule has 1 unspecified atom stereocenters. The molecule has 24 heavy (non-hydrogen) atoms. The molecule has 0 spiro atoms. The van der Waals surface area contributed by atoms with Crippen molar-refractivity contribution in [1.82, 2.24) is 14.9 Å². The van der Waals surface area contributed by atoms with Gasteiger partial charge in [-0.25, -0.2) is 9.98 Å². The summed E-state index contributed by atoms with van der Waals surface area (Å²) in [6.45, 7) is 1.99. The number of carbonyl (C=O) groups excluding carboxylic acids is 1. The van der Waals surface area contributed by atoms with E-state index in [-0.39, 0.29) is 18.0 Å². The maximum Gasteiger partial charge on any atom is 0.258 e. The van der Waals surface area contributed by atoms with Crippen LogP contribution in [-0.4, -0.2) is 21.4 Å². The highest BCUT2D eigenvalue weighted by Crippen LogP contribution is 2.18. The lowest BCUT2D eigenvalue weighted by Crippen LogP contribution is -2.37. The molecule has 0 saturated heterocycles. The minimum absolute atomic E-state index is 0.0912. The van der Waals surface area contributed by atoms with Crippen molar-refractivity contribution in [1.29, 1.82) is 0 Å². The molecule has 0 fully saturated rings. The van der Waals surface area contributed by atoms with Crippen molar-refractivity contribution in [2.75, 3.05) is 0 Å². The monoisotopic (exact) mass is 321 g/mol. The van der Waals surface area contributed by atoms with E-state index in [1.54, 1.807) is 18.6 Å². The van der Waals surface area contributed by atoms with E-state index in [9.17, 15) is 4.79 Å². The Bertz CT molecular complexity index is 865. The second kappa shape index (κ2) is 6.95. The topological polar surface area (TPSA) is 85.3 Å². The number of aliphatic imine (C=N–C) groups is 1. The summed E-state index contributed by atoms with van der Waals surface area (Å²) in [5, 5.41) is 4.56. The molecule has 1 heterocycles. The van der Waals surface area contributed by atoms with E-state index in [2.05, 4.69) is 15.3 Å². The Hall–Kier alpha value is -3.15. The number of fused-ring (bicyclic) bond motifs is 1. The molecule has 6 heteroatoms. The quantitative estimate of drug-likeness (QED) is 0.572. The maximum atomic E-state index is 12.5. The number of guanidine groups is 1. The third kappa shape index (κ3) is 3.27. The number of rotatable bonds is 4. The number of benzene rings is 2. The molecule has 0 aliphatic carbocycles. The normalized spacial score (nSPS) is 13.0. The first-order valence-corrected chi connectivity index (χ1v) is 7.79. The van der Waals surface area contributed by atoms with Crippen LogP contribution in [0.3, 0.4) is 0 Å². The van der Waals surface area contributed by atoms with Gasteiger partial charge in [0.1, 0.15) is 6.17 Å². The second-order valence-electron chi connectivity index (χ2n) is 5.39. The fraction of sp³-hybridized carbons (Fsp3) is 0.167. The number of nitrogens with zero attached hydrogens (tertiary/aromatic N) is 3. The van der Waals surface area contributed by atoms with Gasteiger partial charge in [0.05, 0.1) is 6.33 Å². The highest BCUT2D eigenvalue weighted by Gasteiger charge is 2.12. The molecule has 1 atom stereocenters. The average molecular weight is 321 g/mol. The lowest BCUT2D eigenvalue weighted by atomic mass is 10.0. The van der Waals surface area contributed by atoms with E-state index in [0.29, 0.717) is 5.56 Å². The van der Waals surface area contributed by atoms with Gasteiger partial charge in [-0.05, 0) is 23.3 Å². The van der Waals surface area contributed by atoms with Crippen LogP contribution in [0.5, 0.6) is 0 Å². The zero-order valence-electron chi connectivity index (χ0n) is 13.4.